The number of nitrogens with zero attached hydrogens (tertiary/aromatic N) is 1. The van der Waals surface area contributed by atoms with Crippen molar-refractivity contribution in [3.8, 4) is 23.0 Å². The lowest BCUT2D eigenvalue weighted by Crippen LogP contribution is -2.28. The zero-order valence-corrected chi connectivity index (χ0v) is 16.7. The second kappa shape index (κ2) is 8.26. The first-order chi connectivity index (χ1) is 13.5. The second-order valence-corrected chi connectivity index (χ2v) is 6.66. The molecule has 0 aliphatic carbocycles. The molecule has 2 aromatic rings. The van der Waals surface area contributed by atoms with Gasteiger partial charge >= 0.3 is 0 Å². The summed E-state index contributed by atoms with van der Waals surface area (Å²) in [5.74, 6) is 1.66. The van der Waals surface area contributed by atoms with Gasteiger partial charge in [-0.3, -0.25) is 9.59 Å². The van der Waals surface area contributed by atoms with Crippen LogP contribution in [0.15, 0.2) is 41.3 Å². The Balaban J connectivity index is 1.98. The van der Waals surface area contributed by atoms with E-state index >= 15 is 0 Å². The third-order valence-corrected chi connectivity index (χ3v) is 5.02. The number of carbonyl (C=O) groups excluding carboxylic acids is 2. The summed E-state index contributed by atoms with van der Waals surface area (Å²) in [5, 5.41) is -0.410. The molecule has 1 fully saturated rings. The van der Waals surface area contributed by atoms with Crippen LogP contribution in [0.5, 0.6) is 23.0 Å². The van der Waals surface area contributed by atoms with Crippen LogP contribution in [-0.2, 0) is 4.79 Å². The maximum atomic E-state index is 12.9. The summed E-state index contributed by atoms with van der Waals surface area (Å²) < 4.78 is 21.0. The number of ether oxygens (including phenoxy) is 4. The molecule has 8 heteroatoms. The SMILES string of the molecule is COc1ccc(/C=C2\SC(=O)N(c3ccc(OC)cc3OC)C2=O)c(OC)c1. The lowest BCUT2D eigenvalue weighted by molar-refractivity contribution is -0.113. The Labute approximate surface area is 166 Å². The van der Waals surface area contributed by atoms with Gasteiger partial charge in [-0.15, -0.1) is 0 Å². The average molecular weight is 401 g/mol. The van der Waals surface area contributed by atoms with Crippen molar-refractivity contribution < 1.29 is 28.5 Å². The molecule has 3 rings (SSSR count). The Kier molecular flexibility index (Phi) is 5.79. The maximum Gasteiger partial charge on any atom is 0.298 e. The fourth-order valence-electron chi connectivity index (χ4n) is 2.72. The molecule has 0 aromatic heterocycles. The number of thioether (sulfide) groups is 1. The molecule has 146 valence electrons. The number of hydrogen-bond donors (Lipinski definition) is 0. The summed E-state index contributed by atoms with van der Waals surface area (Å²) >= 11 is 0.855. The predicted octanol–water partition coefficient (Wildman–Crippen LogP) is 3.96. The minimum absolute atomic E-state index is 0.284. The van der Waals surface area contributed by atoms with Crippen molar-refractivity contribution in [2.24, 2.45) is 0 Å². The Morgan fingerprint density at radius 3 is 2.04 bits per heavy atom. The van der Waals surface area contributed by atoms with Crippen molar-refractivity contribution in [3.05, 3.63) is 46.9 Å². The fourth-order valence-corrected chi connectivity index (χ4v) is 3.55. The fraction of sp³-hybridized carbons (Fsp3) is 0.200. The minimum atomic E-state index is -0.434. The monoisotopic (exact) mass is 401 g/mol. The molecule has 0 atom stereocenters. The molecule has 0 unspecified atom stereocenters. The Morgan fingerprint density at radius 2 is 1.43 bits per heavy atom. The lowest BCUT2D eigenvalue weighted by atomic mass is 10.1. The zero-order chi connectivity index (χ0) is 20.3. The van der Waals surface area contributed by atoms with Gasteiger partial charge in [0.15, 0.2) is 0 Å². The highest BCUT2D eigenvalue weighted by molar-refractivity contribution is 8.19. The molecule has 1 saturated heterocycles. The number of rotatable bonds is 6. The molecular formula is C20H19NO6S. The number of amides is 2. The molecule has 1 heterocycles. The molecule has 1 aliphatic rings. The van der Waals surface area contributed by atoms with Crippen molar-refractivity contribution in [2.45, 2.75) is 0 Å². The molecule has 0 N–H and O–H groups in total. The van der Waals surface area contributed by atoms with Crippen LogP contribution in [0.25, 0.3) is 6.08 Å². The van der Waals surface area contributed by atoms with Gasteiger partial charge in [-0.1, -0.05) is 0 Å². The summed E-state index contributed by atoms with van der Waals surface area (Å²) in [5.41, 5.74) is 1.02. The zero-order valence-electron chi connectivity index (χ0n) is 15.8. The highest BCUT2D eigenvalue weighted by atomic mass is 32.2. The van der Waals surface area contributed by atoms with Crippen LogP contribution in [0.4, 0.5) is 10.5 Å². The lowest BCUT2D eigenvalue weighted by Gasteiger charge is -2.17. The number of hydrogen-bond acceptors (Lipinski definition) is 7. The van der Waals surface area contributed by atoms with Crippen LogP contribution in [0, 0.1) is 0 Å². The molecular weight excluding hydrogens is 382 g/mol. The molecule has 28 heavy (non-hydrogen) atoms. The van der Waals surface area contributed by atoms with Gasteiger partial charge in [0.1, 0.15) is 23.0 Å². The van der Waals surface area contributed by atoms with Crippen molar-refractivity contribution >= 4 is 34.7 Å². The number of benzene rings is 2. The van der Waals surface area contributed by atoms with Gasteiger partial charge in [0.25, 0.3) is 11.1 Å². The van der Waals surface area contributed by atoms with E-state index in [1.165, 1.54) is 21.3 Å². The van der Waals surface area contributed by atoms with Crippen molar-refractivity contribution in [1.82, 2.24) is 0 Å². The molecule has 0 radical (unpaired) electrons. The first-order valence-electron chi connectivity index (χ1n) is 8.24. The van der Waals surface area contributed by atoms with Crippen molar-refractivity contribution in [2.75, 3.05) is 33.3 Å². The van der Waals surface area contributed by atoms with Crippen molar-refractivity contribution in [3.63, 3.8) is 0 Å². The number of methoxy groups -OCH3 is 4. The number of carbonyl (C=O) groups is 2. The quantitative estimate of drug-likeness (QED) is 0.678. The highest BCUT2D eigenvalue weighted by Gasteiger charge is 2.38. The van der Waals surface area contributed by atoms with E-state index in [1.54, 1.807) is 49.6 Å². The summed E-state index contributed by atoms with van der Waals surface area (Å²) in [4.78, 5) is 26.9. The molecule has 2 amide bonds. The van der Waals surface area contributed by atoms with Crippen LogP contribution in [0.3, 0.4) is 0 Å². The standard InChI is InChI=1S/C20H19NO6S/c1-24-13-6-5-12(16(10-13)26-3)9-18-19(22)21(20(23)28-18)15-8-7-14(25-2)11-17(15)27-4/h5-11H,1-4H3/b18-9-. The number of anilines is 1. The third kappa shape index (κ3) is 3.63. The van der Waals surface area contributed by atoms with Gasteiger partial charge in [-0.25, -0.2) is 4.90 Å². The van der Waals surface area contributed by atoms with E-state index in [9.17, 15) is 9.59 Å². The third-order valence-electron chi connectivity index (χ3n) is 4.15. The van der Waals surface area contributed by atoms with E-state index in [4.69, 9.17) is 18.9 Å². The Morgan fingerprint density at radius 1 is 0.821 bits per heavy atom. The Bertz CT molecular complexity index is 956. The van der Waals surface area contributed by atoms with Gasteiger partial charge in [0, 0.05) is 17.7 Å². The van der Waals surface area contributed by atoms with E-state index in [-0.39, 0.29) is 4.91 Å². The highest BCUT2D eigenvalue weighted by Crippen LogP contribution is 2.41. The van der Waals surface area contributed by atoms with E-state index < -0.39 is 11.1 Å². The van der Waals surface area contributed by atoms with E-state index in [2.05, 4.69) is 0 Å². The largest absolute Gasteiger partial charge is 0.497 e. The van der Waals surface area contributed by atoms with E-state index in [0.29, 0.717) is 34.2 Å². The summed E-state index contributed by atoms with van der Waals surface area (Å²) in [6.07, 6.45) is 1.62. The summed E-state index contributed by atoms with van der Waals surface area (Å²) in [7, 11) is 6.08. The van der Waals surface area contributed by atoms with Crippen LogP contribution < -0.4 is 23.8 Å². The molecule has 0 saturated carbocycles. The Hall–Kier alpha value is -3.13. The summed E-state index contributed by atoms with van der Waals surface area (Å²) in [6.45, 7) is 0. The minimum Gasteiger partial charge on any atom is -0.497 e. The first-order valence-corrected chi connectivity index (χ1v) is 9.06. The van der Waals surface area contributed by atoms with Crippen LogP contribution in [0.2, 0.25) is 0 Å². The molecule has 0 spiro atoms. The molecule has 0 bridgehead atoms. The van der Waals surface area contributed by atoms with Crippen molar-refractivity contribution in [1.29, 1.82) is 0 Å². The van der Waals surface area contributed by atoms with Crippen LogP contribution >= 0.6 is 11.8 Å². The smallest absolute Gasteiger partial charge is 0.298 e. The molecule has 7 nitrogen and oxygen atoms in total. The second-order valence-electron chi connectivity index (χ2n) is 5.66. The first kappa shape index (κ1) is 19.6. The molecule has 1 aliphatic heterocycles. The summed E-state index contributed by atoms with van der Waals surface area (Å²) in [6, 6.07) is 10.1. The number of imide groups is 1. The van der Waals surface area contributed by atoms with Gasteiger partial charge < -0.3 is 18.9 Å². The maximum absolute atomic E-state index is 12.9. The van der Waals surface area contributed by atoms with Gasteiger partial charge in [0.05, 0.1) is 39.0 Å². The molecule has 2 aromatic carbocycles. The normalized spacial score (nSPS) is 15.1. The van der Waals surface area contributed by atoms with E-state index in [1.807, 2.05) is 0 Å². The topological polar surface area (TPSA) is 74.3 Å². The van der Waals surface area contributed by atoms with Gasteiger partial charge in [-0.2, -0.15) is 0 Å². The van der Waals surface area contributed by atoms with E-state index in [0.717, 1.165) is 16.7 Å². The predicted molar refractivity (Wildman–Crippen MR) is 108 cm³/mol. The van der Waals surface area contributed by atoms with Gasteiger partial charge in [0.2, 0.25) is 0 Å². The average Bonchev–Trinajstić information content (AvgIpc) is 3.00. The van der Waals surface area contributed by atoms with Crippen LogP contribution in [0.1, 0.15) is 5.56 Å². The van der Waals surface area contributed by atoms with Gasteiger partial charge in [-0.05, 0) is 42.1 Å². The van der Waals surface area contributed by atoms with Crippen LogP contribution in [-0.4, -0.2) is 39.6 Å².